The molecule has 0 amide bonds. The summed E-state index contributed by atoms with van der Waals surface area (Å²) < 4.78 is 1.69. The second kappa shape index (κ2) is 4.19. The second-order valence-electron chi connectivity index (χ2n) is 3.73. The largest absolute Gasteiger partial charge is 0.234 e. The summed E-state index contributed by atoms with van der Waals surface area (Å²) in [4.78, 5) is 4.38. The maximum absolute atomic E-state index is 6.07. The van der Waals surface area contributed by atoms with Crippen LogP contribution >= 0.6 is 11.6 Å². The maximum Gasteiger partial charge on any atom is 0.157 e. The Morgan fingerprint density at radius 3 is 2.93 bits per heavy atom. The van der Waals surface area contributed by atoms with Crippen molar-refractivity contribution in [2.75, 3.05) is 0 Å². The molecule has 2 aromatic rings. The van der Waals surface area contributed by atoms with Crippen molar-refractivity contribution in [2.45, 2.75) is 33.1 Å². The third-order valence-electron chi connectivity index (χ3n) is 2.35. The molecule has 15 heavy (non-hydrogen) atoms. The predicted octanol–water partition coefficient (Wildman–Crippen LogP) is 3.03. The minimum atomic E-state index is 0.625. The zero-order chi connectivity index (χ0) is 10.8. The van der Waals surface area contributed by atoms with E-state index in [-0.39, 0.29) is 0 Å². The molecule has 0 saturated carbocycles. The molecule has 0 radical (unpaired) electrons. The number of rotatable bonds is 3. The van der Waals surface area contributed by atoms with E-state index in [0.717, 1.165) is 29.9 Å². The van der Waals surface area contributed by atoms with Gasteiger partial charge in [0.1, 0.15) is 5.15 Å². The van der Waals surface area contributed by atoms with E-state index in [4.69, 9.17) is 11.6 Å². The molecule has 0 saturated heterocycles. The molecule has 0 N–H and O–H groups in total. The lowest BCUT2D eigenvalue weighted by Gasteiger charge is -1.97. The monoisotopic (exact) mass is 223 g/mol. The van der Waals surface area contributed by atoms with Gasteiger partial charge in [-0.15, -0.1) is 0 Å². The molecule has 0 aliphatic rings. The number of nitrogens with zero attached hydrogens (tertiary/aromatic N) is 3. The fraction of sp³-hybridized carbons (Fsp3) is 0.455. The number of fused-ring (bicyclic) bond motifs is 1. The number of aromatic nitrogens is 3. The van der Waals surface area contributed by atoms with Crippen LogP contribution in [0.3, 0.4) is 0 Å². The third-order valence-corrected chi connectivity index (χ3v) is 2.62. The summed E-state index contributed by atoms with van der Waals surface area (Å²) in [7, 11) is 0. The highest BCUT2D eigenvalue weighted by Crippen LogP contribution is 2.14. The first-order chi connectivity index (χ1) is 7.20. The molecule has 0 atom stereocenters. The van der Waals surface area contributed by atoms with Gasteiger partial charge in [-0.25, -0.2) is 9.50 Å². The van der Waals surface area contributed by atoms with Gasteiger partial charge in [-0.3, -0.25) is 0 Å². The summed E-state index contributed by atoms with van der Waals surface area (Å²) in [5, 5.41) is 5.04. The van der Waals surface area contributed by atoms with Crippen LogP contribution in [0.25, 0.3) is 5.65 Å². The standard InChI is InChI=1S/C11H14ClN3/c1-3-4-5-9-7-11-13-8(2)6-10(12)15(11)14-9/h6-7H,3-5H2,1-2H3. The minimum Gasteiger partial charge on any atom is -0.234 e. The highest BCUT2D eigenvalue weighted by molar-refractivity contribution is 6.29. The lowest BCUT2D eigenvalue weighted by Crippen LogP contribution is -1.94. The average Bonchev–Trinajstić information content (AvgIpc) is 2.57. The van der Waals surface area contributed by atoms with Crippen LogP contribution in [-0.2, 0) is 6.42 Å². The van der Waals surface area contributed by atoms with Crippen molar-refractivity contribution in [3.05, 3.63) is 28.7 Å². The molecule has 0 aliphatic carbocycles. The lowest BCUT2D eigenvalue weighted by molar-refractivity contribution is 0.761. The van der Waals surface area contributed by atoms with Crippen LogP contribution < -0.4 is 0 Å². The SMILES string of the molecule is CCCCc1cc2nc(C)cc(Cl)n2n1. The zero-order valence-corrected chi connectivity index (χ0v) is 9.75. The average molecular weight is 224 g/mol. The Morgan fingerprint density at radius 1 is 1.40 bits per heavy atom. The summed E-state index contributed by atoms with van der Waals surface area (Å²) in [5.41, 5.74) is 2.83. The first kappa shape index (κ1) is 10.4. The Kier molecular flexibility index (Phi) is 2.91. The summed E-state index contributed by atoms with van der Waals surface area (Å²) in [6.45, 7) is 4.11. The number of unbranched alkanes of at least 4 members (excludes halogenated alkanes) is 1. The van der Waals surface area contributed by atoms with Crippen molar-refractivity contribution in [3.63, 3.8) is 0 Å². The number of halogens is 1. The van der Waals surface area contributed by atoms with Crippen molar-refractivity contribution in [1.82, 2.24) is 14.6 Å². The minimum absolute atomic E-state index is 0.625. The van der Waals surface area contributed by atoms with Crippen molar-refractivity contribution >= 4 is 17.2 Å². The van der Waals surface area contributed by atoms with Gasteiger partial charge in [-0.05, 0) is 25.8 Å². The Bertz CT molecular complexity index is 476. The smallest absolute Gasteiger partial charge is 0.157 e. The first-order valence-electron chi connectivity index (χ1n) is 5.22. The van der Waals surface area contributed by atoms with Gasteiger partial charge >= 0.3 is 0 Å². The number of aryl methyl sites for hydroxylation is 2. The van der Waals surface area contributed by atoms with Gasteiger partial charge in [0.2, 0.25) is 0 Å². The first-order valence-corrected chi connectivity index (χ1v) is 5.60. The highest BCUT2D eigenvalue weighted by Gasteiger charge is 2.05. The molecule has 0 spiro atoms. The highest BCUT2D eigenvalue weighted by atomic mass is 35.5. The van der Waals surface area contributed by atoms with E-state index in [2.05, 4.69) is 17.0 Å². The molecule has 2 rings (SSSR count). The molecule has 0 aromatic carbocycles. The zero-order valence-electron chi connectivity index (χ0n) is 9.00. The van der Waals surface area contributed by atoms with Crippen LogP contribution in [0.5, 0.6) is 0 Å². The van der Waals surface area contributed by atoms with Crippen molar-refractivity contribution in [3.8, 4) is 0 Å². The van der Waals surface area contributed by atoms with E-state index >= 15 is 0 Å². The van der Waals surface area contributed by atoms with E-state index in [1.165, 1.54) is 6.42 Å². The molecule has 0 bridgehead atoms. The molecular weight excluding hydrogens is 210 g/mol. The van der Waals surface area contributed by atoms with Crippen LogP contribution in [0.1, 0.15) is 31.2 Å². The van der Waals surface area contributed by atoms with Crippen LogP contribution in [0.4, 0.5) is 0 Å². The topological polar surface area (TPSA) is 30.2 Å². The Hall–Kier alpha value is -1.09. The molecule has 2 heterocycles. The normalized spacial score (nSPS) is 11.1. The Morgan fingerprint density at radius 2 is 2.20 bits per heavy atom. The van der Waals surface area contributed by atoms with E-state index in [1.54, 1.807) is 4.52 Å². The quantitative estimate of drug-likeness (QED) is 0.749. The van der Waals surface area contributed by atoms with Gasteiger partial charge in [0, 0.05) is 11.8 Å². The van der Waals surface area contributed by atoms with Crippen molar-refractivity contribution in [2.24, 2.45) is 0 Å². The van der Waals surface area contributed by atoms with Crippen LogP contribution in [-0.4, -0.2) is 14.6 Å². The summed E-state index contributed by atoms with van der Waals surface area (Å²) >= 11 is 6.07. The fourth-order valence-electron chi connectivity index (χ4n) is 1.58. The molecular formula is C11H14ClN3. The molecule has 80 valence electrons. The van der Waals surface area contributed by atoms with E-state index < -0.39 is 0 Å². The van der Waals surface area contributed by atoms with Crippen LogP contribution in [0.15, 0.2) is 12.1 Å². The lowest BCUT2D eigenvalue weighted by atomic mass is 10.2. The van der Waals surface area contributed by atoms with Crippen LogP contribution in [0.2, 0.25) is 5.15 Å². The number of hydrogen-bond donors (Lipinski definition) is 0. The summed E-state index contributed by atoms with van der Waals surface area (Å²) in [5.74, 6) is 0. The molecule has 2 aromatic heterocycles. The maximum atomic E-state index is 6.07. The van der Waals surface area contributed by atoms with Gasteiger partial charge in [-0.1, -0.05) is 24.9 Å². The molecule has 0 unspecified atom stereocenters. The van der Waals surface area contributed by atoms with E-state index in [1.807, 2.05) is 19.1 Å². The van der Waals surface area contributed by atoms with E-state index in [0.29, 0.717) is 5.15 Å². The Labute approximate surface area is 94.1 Å². The Balaban J connectivity index is 2.41. The summed E-state index contributed by atoms with van der Waals surface area (Å²) in [6, 6.07) is 3.83. The van der Waals surface area contributed by atoms with Crippen molar-refractivity contribution in [1.29, 1.82) is 0 Å². The van der Waals surface area contributed by atoms with Crippen LogP contribution in [0, 0.1) is 6.92 Å². The summed E-state index contributed by atoms with van der Waals surface area (Å²) in [6.07, 6.45) is 3.32. The van der Waals surface area contributed by atoms with E-state index in [9.17, 15) is 0 Å². The second-order valence-corrected chi connectivity index (χ2v) is 4.12. The molecule has 3 nitrogen and oxygen atoms in total. The molecule has 0 aliphatic heterocycles. The fourth-order valence-corrected chi connectivity index (χ4v) is 1.86. The van der Waals surface area contributed by atoms with Crippen molar-refractivity contribution < 1.29 is 0 Å². The van der Waals surface area contributed by atoms with Gasteiger partial charge in [-0.2, -0.15) is 5.10 Å². The van der Waals surface area contributed by atoms with Gasteiger partial charge in [0.25, 0.3) is 0 Å². The predicted molar refractivity (Wildman–Crippen MR) is 61.3 cm³/mol. The number of hydrogen-bond acceptors (Lipinski definition) is 2. The molecule has 4 heteroatoms. The van der Waals surface area contributed by atoms with Gasteiger partial charge in [0.15, 0.2) is 5.65 Å². The molecule has 0 fully saturated rings. The van der Waals surface area contributed by atoms with Gasteiger partial charge in [0.05, 0.1) is 5.69 Å². The van der Waals surface area contributed by atoms with Gasteiger partial charge < -0.3 is 0 Å². The third kappa shape index (κ3) is 2.12.